The predicted octanol–water partition coefficient (Wildman–Crippen LogP) is 6.16. The van der Waals surface area contributed by atoms with Gasteiger partial charge in [0, 0.05) is 19.6 Å². The van der Waals surface area contributed by atoms with Crippen LogP contribution in [0.15, 0.2) is 35.7 Å². The van der Waals surface area contributed by atoms with E-state index < -0.39 is 5.54 Å². The summed E-state index contributed by atoms with van der Waals surface area (Å²) < 4.78 is 0. The summed E-state index contributed by atoms with van der Waals surface area (Å²) in [5.41, 5.74) is 3.11. The molecule has 1 aliphatic rings. The molecule has 0 unspecified atom stereocenters. The van der Waals surface area contributed by atoms with Gasteiger partial charge in [-0.05, 0) is 63.5 Å². The molecule has 3 amide bonds. The highest BCUT2D eigenvalue weighted by Crippen LogP contribution is 2.34. The standard InChI is InChI=1S/C29H48N4O2/c1-6-9-17-29(18-10-7-2)27(34)33(26(32-29)24(5)8-3)20-13-11-12-19-30-28(35)31-22-25-16-14-15-23(4)21-25/h14-16,21,32H,6-13,17-20,22H2,1-5H3,(H2,30,31,35)/b26-24-. The minimum absolute atomic E-state index is 0.133. The van der Waals surface area contributed by atoms with Gasteiger partial charge in [0.15, 0.2) is 0 Å². The molecule has 2 rings (SSSR count). The second kappa shape index (κ2) is 14.8. The van der Waals surface area contributed by atoms with Gasteiger partial charge < -0.3 is 16.0 Å². The van der Waals surface area contributed by atoms with Crippen molar-refractivity contribution in [2.24, 2.45) is 0 Å². The van der Waals surface area contributed by atoms with Gasteiger partial charge in [-0.25, -0.2) is 4.79 Å². The zero-order valence-corrected chi connectivity index (χ0v) is 22.8. The van der Waals surface area contributed by atoms with Gasteiger partial charge in [-0.15, -0.1) is 0 Å². The largest absolute Gasteiger partial charge is 0.357 e. The Bertz CT molecular complexity index is 841. The van der Waals surface area contributed by atoms with Crippen LogP contribution < -0.4 is 16.0 Å². The third kappa shape index (κ3) is 8.59. The number of nitrogens with zero attached hydrogens (tertiary/aromatic N) is 1. The molecule has 0 bridgehead atoms. The second-order valence-corrected chi connectivity index (χ2v) is 10.0. The SMILES string of the molecule is CCCCC1(CCCC)N/C(=C(\C)CC)N(CCCCCNC(=O)NCc2cccc(C)c2)C1=O. The average molecular weight is 485 g/mol. The molecular weight excluding hydrogens is 436 g/mol. The molecule has 6 heteroatoms. The third-order valence-corrected chi connectivity index (χ3v) is 7.01. The van der Waals surface area contributed by atoms with Crippen molar-refractivity contribution < 1.29 is 9.59 Å². The Morgan fingerprint density at radius 3 is 2.34 bits per heavy atom. The smallest absolute Gasteiger partial charge is 0.315 e. The van der Waals surface area contributed by atoms with Crippen LogP contribution in [0.1, 0.15) is 103 Å². The van der Waals surface area contributed by atoms with Crippen LogP contribution in [0.3, 0.4) is 0 Å². The number of hydrogen-bond acceptors (Lipinski definition) is 3. The van der Waals surface area contributed by atoms with E-state index in [2.05, 4.69) is 49.7 Å². The summed E-state index contributed by atoms with van der Waals surface area (Å²) in [6.07, 6.45) is 9.86. The van der Waals surface area contributed by atoms with Crippen molar-refractivity contribution >= 4 is 11.9 Å². The number of allylic oxidation sites excluding steroid dienone is 1. The first-order chi connectivity index (χ1) is 16.9. The molecule has 196 valence electrons. The number of aryl methyl sites for hydroxylation is 1. The van der Waals surface area contributed by atoms with E-state index in [1.54, 1.807) is 0 Å². The van der Waals surface area contributed by atoms with Gasteiger partial charge in [-0.2, -0.15) is 0 Å². The highest BCUT2D eigenvalue weighted by atomic mass is 16.2. The number of amides is 3. The fourth-order valence-electron chi connectivity index (χ4n) is 4.69. The Hall–Kier alpha value is -2.50. The summed E-state index contributed by atoms with van der Waals surface area (Å²) in [4.78, 5) is 27.8. The van der Waals surface area contributed by atoms with Crippen molar-refractivity contribution in [3.63, 3.8) is 0 Å². The first-order valence-electron chi connectivity index (χ1n) is 13.7. The maximum absolute atomic E-state index is 13.7. The van der Waals surface area contributed by atoms with Gasteiger partial charge in [0.25, 0.3) is 5.91 Å². The minimum Gasteiger partial charge on any atom is -0.357 e. The number of carbonyl (C=O) groups excluding carboxylic acids is 2. The first kappa shape index (κ1) is 28.7. The normalized spacial score (nSPS) is 16.3. The molecule has 3 N–H and O–H groups in total. The zero-order chi connectivity index (χ0) is 25.7. The predicted molar refractivity (Wildman–Crippen MR) is 145 cm³/mol. The number of nitrogens with one attached hydrogen (secondary N) is 3. The summed E-state index contributed by atoms with van der Waals surface area (Å²) in [5, 5.41) is 9.58. The summed E-state index contributed by atoms with van der Waals surface area (Å²) >= 11 is 0. The maximum Gasteiger partial charge on any atom is 0.315 e. The van der Waals surface area contributed by atoms with Gasteiger partial charge in [0.2, 0.25) is 0 Å². The van der Waals surface area contributed by atoms with E-state index in [1.807, 2.05) is 30.0 Å². The number of benzene rings is 1. The Morgan fingerprint density at radius 1 is 1.00 bits per heavy atom. The summed E-state index contributed by atoms with van der Waals surface area (Å²) in [7, 11) is 0. The number of carbonyl (C=O) groups is 2. The van der Waals surface area contributed by atoms with Crippen molar-refractivity contribution in [2.45, 2.75) is 111 Å². The molecular formula is C29H48N4O2. The van der Waals surface area contributed by atoms with Gasteiger partial charge in [0.1, 0.15) is 11.4 Å². The molecule has 0 aromatic heterocycles. The average Bonchev–Trinajstić information content (AvgIpc) is 3.13. The molecule has 1 aromatic carbocycles. The van der Waals surface area contributed by atoms with Gasteiger partial charge in [-0.3, -0.25) is 9.69 Å². The topological polar surface area (TPSA) is 73.5 Å². The molecule has 1 aliphatic heterocycles. The molecule has 6 nitrogen and oxygen atoms in total. The monoisotopic (exact) mass is 484 g/mol. The van der Waals surface area contributed by atoms with Crippen LogP contribution in [0.5, 0.6) is 0 Å². The van der Waals surface area contributed by atoms with Crippen LogP contribution in [-0.2, 0) is 11.3 Å². The lowest BCUT2D eigenvalue weighted by atomic mass is 9.87. The molecule has 1 saturated heterocycles. The van der Waals surface area contributed by atoms with E-state index in [1.165, 1.54) is 11.1 Å². The fraction of sp³-hybridized carbons (Fsp3) is 0.655. The third-order valence-electron chi connectivity index (χ3n) is 7.01. The summed E-state index contributed by atoms with van der Waals surface area (Å²) in [5.74, 6) is 1.30. The van der Waals surface area contributed by atoms with Gasteiger partial charge >= 0.3 is 6.03 Å². The van der Waals surface area contributed by atoms with Crippen molar-refractivity contribution in [3.8, 4) is 0 Å². The number of urea groups is 1. The Morgan fingerprint density at radius 2 is 1.71 bits per heavy atom. The maximum atomic E-state index is 13.7. The molecule has 1 fully saturated rings. The van der Waals surface area contributed by atoms with E-state index in [4.69, 9.17) is 0 Å². The van der Waals surface area contributed by atoms with Crippen molar-refractivity contribution in [1.29, 1.82) is 0 Å². The Balaban J connectivity index is 1.81. The second-order valence-electron chi connectivity index (χ2n) is 10.0. The van der Waals surface area contributed by atoms with Gasteiger partial charge in [-0.1, -0.05) is 76.3 Å². The van der Waals surface area contributed by atoms with Crippen LogP contribution in [0.2, 0.25) is 0 Å². The van der Waals surface area contributed by atoms with Crippen molar-refractivity contribution in [1.82, 2.24) is 20.9 Å². The minimum atomic E-state index is -0.436. The summed E-state index contributed by atoms with van der Waals surface area (Å²) in [6, 6.07) is 8.02. The van der Waals surface area contributed by atoms with E-state index in [-0.39, 0.29) is 11.9 Å². The molecule has 35 heavy (non-hydrogen) atoms. The lowest BCUT2D eigenvalue weighted by molar-refractivity contribution is -0.132. The van der Waals surface area contributed by atoms with E-state index in [0.29, 0.717) is 13.1 Å². The van der Waals surface area contributed by atoms with Crippen LogP contribution in [0.4, 0.5) is 4.79 Å². The Labute approximate surface area is 213 Å². The Kier molecular flexibility index (Phi) is 12.1. The highest BCUT2D eigenvalue weighted by Gasteiger charge is 2.47. The number of unbranched alkanes of at least 4 members (excludes halogenated alkanes) is 4. The van der Waals surface area contributed by atoms with Crippen LogP contribution in [-0.4, -0.2) is 35.5 Å². The van der Waals surface area contributed by atoms with Crippen LogP contribution in [0, 0.1) is 6.92 Å². The van der Waals surface area contributed by atoms with Crippen LogP contribution >= 0.6 is 0 Å². The van der Waals surface area contributed by atoms with E-state index >= 15 is 0 Å². The van der Waals surface area contributed by atoms with E-state index in [0.717, 1.165) is 82.1 Å². The fourth-order valence-corrected chi connectivity index (χ4v) is 4.69. The molecule has 0 aliphatic carbocycles. The van der Waals surface area contributed by atoms with Gasteiger partial charge in [0.05, 0.1) is 0 Å². The van der Waals surface area contributed by atoms with E-state index in [9.17, 15) is 9.59 Å². The molecule has 0 spiro atoms. The molecule has 1 heterocycles. The quantitative estimate of drug-likeness (QED) is 0.261. The summed E-state index contributed by atoms with van der Waals surface area (Å²) in [6.45, 7) is 12.6. The number of hydrogen-bond donors (Lipinski definition) is 3. The first-order valence-corrected chi connectivity index (χ1v) is 13.7. The highest BCUT2D eigenvalue weighted by molar-refractivity contribution is 5.91. The zero-order valence-electron chi connectivity index (χ0n) is 22.8. The molecule has 0 radical (unpaired) electrons. The molecule has 0 atom stereocenters. The van der Waals surface area contributed by atoms with Crippen molar-refractivity contribution in [3.05, 3.63) is 46.8 Å². The van der Waals surface area contributed by atoms with Crippen LogP contribution in [0.25, 0.3) is 0 Å². The van der Waals surface area contributed by atoms with Crippen molar-refractivity contribution in [2.75, 3.05) is 13.1 Å². The lowest BCUT2D eigenvalue weighted by Crippen LogP contribution is -2.46. The number of rotatable bonds is 15. The molecule has 0 saturated carbocycles. The molecule has 1 aromatic rings. The lowest BCUT2D eigenvalue weighted by Gasteiger charge is -2.27.